The number of rotatable bonds is 6. The molecule has 2 aromatic carbocycles. The molecule has 2 N–H and O–H groups in total. The predicted molar refractivity (Wildman–Crippen MR) is 131 cm³/mol. The highest BCUT2D eigenvalue weighted by Crippen LogP contribution is 2.40. The minimum absolute atomic E-state index is 0.0795. The van der Waals surface area contributed by atoms with Gasteiger partial charge in [0.2, 0.25) is 5.91 Å². The number of furan rings is 1. The Morgan fingerprint density at radius 3 is 2.42 bits per heavy atom. The molecular formula is C26H22N4O2S. The van der Waals surface area contributed by atoms with Crippen LogP contribution in [0.5, 0.6) is 0 Å². The third-order valence-corrected chi connectivity index (χ3v) is 5.90. The van der Waals surface area contributed by atoms with E-state index in [0.29, 0.717) is 10.9 Å². The zero-order valence-electron chi connectivity index (χ0n) is 17.7. The number of carbonyl (C=O) groups excluding carboxylic acids is 1. The summed E-state index contributed by atoms with van der Waals surface area (Å²) >= 11 is 5.64. The first-order valence-corrected chi connectivity index (χ1v) is 11.1. The first-order chi connectivity index (χ1) is 16.2. The Hall–Kier alpha value is -3.97. The van der Waals surface area contributed by atoms with Crippen molar-refractivity contribution in [3.05, 3.63) is 109 Å². The molecule has 0 bridgehead atoms. The van der Waals surface area contributed by atoms with Crippen molar-refractivity contribution < 1.29 is 9.21 Å². The van der Waals surface area contributed by atoms with Gasteiger partial charge in [-0.05, 0) is 48.6 Å². The molecule has 0 radical (unpaired) electrons. The van der Waals surface area contributed by atoms with Gasteiger partial charge in [-0.25, -0.2) is 0 Å². The highest BCUT2D eigenvalue weighted by molar-refractivity contribution is 7.80. The van der Waals surface area contributed by atoms with Crippen molar-refractivity contribution in [3.8, 4) is 11.3 Å². The van der Waals surface area contributed by atoms with E-state index in [1.807, 2.05) is 95.9 Å². The predicted octanol–water partition coefficient (Wildman–Crippen LogP) is 4.95. The van der Waals surface area contributed by atoms with Crippen LogP contribution in [0.25, 0.3) is 11.3 Å². The van der Waals surface area contributed by atoms with Crippen LogP contribution in [0, 0.1) is 0 Å². The van der Waals surface area contributed by atoms with Gasteiger partial charge in [-0.15, -0.1) is 0 Å². The van der Waals surface area contributed by atoms with Crippen LogP contribution in [0.3, 0.4) is 0 Å². The summed E-state index contributed by atoms with van der Waals surface area (Å²) in [6.07, 6.45) is 1.75. The van der Waals surface area contributed by atoms with E-state index in [1.54, 1.807) is 6.20 Å². The van der Waals surface area contributed by atoms with Crippen molar-refractivity contribution in [1.82, 2.24) is 15.2 Å². The first-order valence-electron chi connectivity index (χ1n) is 10.7. The molecule has 4 aromatic rings. The fourth-order valence-electron chi connectivity index (χ4n) is 4.03. The second-order valence-electron chi connectivity index (χ2n) is 7.74. The van der Waals surface area contributed by atoms with Gasteiger partial charge in [0.05, 0.1) is 11.7 Å². The summed E-state index contributed by atoms with van der Waals surface area (Å²) in [6.45, 7) is 0.0795. The van der Waals surface area contributed by atoms with Crippen LogP contribution < -0.4 is 10.6 Å². The fraction of sp³-hybridized carbons (Fsp3) is 0.115. The highest BCUT2D eigenvalue weighted by Gasteiger charge is 2.42. The molecule has 3 heterocycles. The topological polar surface area (TPSA) is 70.4 Å². The number of amides is 1. The maximum absolute atomic E-state index is 12.9. The normalized spacial score (nSPS) is 17.6. The molecule has 2 atom stereocenters. The summed E-state index contributed by atoms with van der Waals surface area (Å²) in [5.41, 5.74) is 2.55. The van der Waals surface area contributed by atoms with Crippen molar-refractivity contribution in [2.24, 2.45) is 0 Å². The molecule has 7 heteroatoms. The van der Waals surface area contributed by atoms with E-state index in [2.05, 4.69) is 15.6 Å². The summed E-state index contributed by atoms with van der Waals surface area (Å²) in [7, 11) is 0. The summed E-state index contributed by atoms with van der Waals surface area (Å²) in [5.74, 6) is 1.31. The van der Waals surface area contributed by atoms with Crippen molar-refractivity contribution >= 4 is 28.9 Å². The van der Waals surface area contributed by atoms with E-state index in [0.717, 1.165) is 22.7 Å². The van der Waals surface area contributed by atoms with Gasteiger partial charge < -0.3 is 20.0 Å². The van der Waals surface area contributed by atoms with Crippen LogP contribution in [0.2, 0.25) is 0 Å². The van der Waals surface area contributed by atoms with E-state index in [1.165, 1.54) is 0 Å². The van der Waals surface area contributed by atoms with Gasteiger partial charge in [-0.2, -0.15) is 0 Å². The molecule has 1 aliphatic heterocycles. The van der Waals surface area contributed by atoms with Crippen molar-refractivity contribution in [2.45, 2.75) is 12.1 Å². The largest absolute Gasteiger partial charge is 0.459 e. The maximum Gasteiger partial charge on any atom is 0.244 e. The van der Waals surface area contributed by atoms with Crippen LogP contribution in [-0.2, 0) is 4.79 Å². The summed E-state index contributed by atoms with van der Waals surface area (Å²) in [5, 5.41) is 6.76. The van der Waals surface area contributed by atoms with Crippen LogP contribution in [0.4, 0.5) is 5.69 Å². The van der Waals surface area contributed by atoms with Crippen LogP contribution in [0.1, 0.15) is 23.5 Å². The molecule has 164 valence electrons. The maximum atomic E-state index is 12.9. The van der Waals surface area contributed by atoms with Gasteiger partial charge in [0.25, 0.3) is 0 Å². The van der Waals surface area contributed by atoms with Gasteiger partial charge >= 0.3 is 0 Å². The molecule has 0 aliphatic carbocycles. The third-order valence-electron chi connectivity index (χ3n) is 5.55. The van der Waals surface area contributed by atoms with Crippen LogP contribution in [0.15, 0.2) is 102 Å². The smallest absolute Gasteiger partial charge is 0.244 e. The molecular weight excluding hydrogens is 432 g/mol. The number of hydrogen-bond acceptors (Lipinski definition) is 4. The fourth-order valence-corrected chi connectivity index (χ4v) is 4.34. The lowest BCUT2D eigenvalue weighted by Gasteiger charge is -2.25. The lowest BCUT2D eigenvalue weighted by atomic mass is 10.0. The molecule has 5 rings (SSSR count). The molecule has 0 saturated carbocycles. The Morgan fingerprint density at radius 2 is 1.70 bits per heavy atom. The Balaban J connectivity index is 1.46. The number of nitrogens with one attached hydrogen (secondary N) is 2. The molecule has 1 aliphatic rings. The number of benzene rings is 2. The number of pyridine rings is 1. The molecule has 0 spiro atoms. The molecule has 1 saturated heterocycles. The molecule has 1 amide bonds. The number of para-hydroxylation sites is 1. The summed E-state index contributed by atoms with van der Waals surface area (Å²) in [6, 6.07) is 28.4. The summed E-state index contributed by atoms with van der Waals surface area (Å²) < 4.78 is 6.28. The number of aromatic nitrogens is 1. The van der Waals surface area contributed by atoms with Gasteiger partial charge in [-0.3, -0.25) is 9.78 Å². The van der Waals surface area contributed by atoms with Gasteiger partial charge in [-0.1, -0.05) is 54.6 Å². The van der Waals surface area contributed by atoms with Gasteiger partial charge in [0, 0.05) is 17.4 Å². The van der Waals surface area contributed by atoms with Crippen molar-refractivity contribution in [2.75, 3.05) is 11.9 Å². The lowest BCUT2D eigenvalue weighted by Crippen LogP contribution is -2.36. The second-order valence-corrected chi connectivity index (χ2v) is 8.12. The minimum Gasteiger partial charge on any atom is -0.459 e. The standard InChI is InChI=1S/C26H22N4O2S/c31-23(28-19-11-5-2-6-12-19)17-30-25(24(29-26(30)33)20-13-7-8-16-27-20)22-15-14-21(32-22)18-9-3-1-4-10-18/h1-16,24-25H,17H2,(H,28,31)(H,29,33)/t24-,25+/m1/s1. The average molecular weight is 455 g/mol. The van der Waals surface area contributed by atoms with E-state index in [9.17, 15) is 4.79 Å². The van der Waals surface area contributed by atoms with Crippen LogP contribution in [-0.4, -0.2) is 27.4 Å². The highest BCUT2D eigenvalue weighted by atomic mass is 32.1. The second kappa shape index (κ2) is 9.26. The first kappa shape index (κ1) is 20.9. The van der Waals surface area contributed by atoms with E-state index in [-0.39, 0.29) is 24.5 Å². The molecule has 2 aromatic heterocycles. The Morgan fingerprint density at radius 1 is 0.970 bits per heavy atom. The van der Waals surface area contributed by atoms with Crippen molar-refractivity contribution in [3.63, 3.8) is 0 Å². The SMILES string of the molecule is O=C(CN1C(=S)N[C@H](c2ccccn2)[C@@H]1c1ccc(-c2ccccc2)o1)Nc1ccccc1. The van der Waals surface area contributed by atoms with E-state index in [4.69, 9.17) is 16.6 Å². The minimum atomic E-state index is -0.327. The number of hydrogen-bond donors (Lipinski definition) is 2. The summed E-state index contributed by atoms with van der Waals surface area (Å²) in [4.78, 5) is 19.3. The van der Waals surface area contributed by atoms with Crippen molar-refractivity contribution in [1.29, 1.82) is 0 Å². The zero-order valence-corrected chi connectivity index (χ0v) is 18.5. The average Bonchev–Trinajstić information content (AvgIpc) is 3.46. The van der Waals surface area contributed by atoms with E-state index >= 15 is 0 Å². The Kier molecular flexibility index (Phi) is 5.87. The lowest BCUT2D eigenvalue weighted by molar-refractivity contribution is -0.116. The Labute approximate surface area is 197 Å². The molecule has 0 unspecified atom stereocenters. The number of nitrogens with zero attached hydrogens (tertiary/aromatic N) is 2. The quantitative estimate of drug-likeness (QED) is 0.402. The monoisotopic (exact) mass is 454 g/mol. The van der Waals surface area contributed by atoms with Gasteiger partial charge in [0.1, 0.15) is 24.1 Å². The van der Waals surface area contributed by atoms with Crippen LogP contribution >= 0.6 is 12.2 Å². The number of anilines is 1. The molecule has 33 heavy (non-hydrogen) atoms. The zero-order chi connectivity index (χ0) is 22.6. The molecule has 6 nitrogen and oxygen atoms in total. The molecule has 1 fully saturated rings. The van der Waals surface area contributed by atoms with Gasteiger partial charge in [0.15, 0.2) is 5.11 Å². The Bertz CT molecular complexity index is 1250. The number of carbonyl (C=O) groups is 1. The third kappa shape index (κ3) is 4.49. The number of thiocarbonyl (C=S) groups is 1. The van der Waals surface area contributed by atoms with E-state index < -0.39 is 0 Å².